The fourth-order valence-electron chi connectivity index (χ4n) is 1.06. The number of H-pyrrole nitrogens is 1. The van der Waals surface area contributed by atoms with E-state index in [1.54, 1.807) is 0 Å². The van der Waals surface area contributed by atoms with Gasteiger partial charge in [-0.05, 0) is 19.8 Å². The van der Waals surface area contributed by atoms with E-state index in [-0.39, 0.29) is 0 Å². The number of aromatic nitrogens is 2. The molecule has 3 heteroatoms. The normalized spacial score (nSPS) is 13.6. The Bertz CT molecular complexity index is 252. The van der Waals surface area contributed by atoms with Gasteiger partial charge in [0.2, 0.25) is 0 Å². The summed E-state index contributed by atoms with van der Waals surface area (Å²) in [6.07, 6.45) is 1.88. The summed E-state index contributed by atoms with van der Waals surface area (Å²) in [5.74, 6) is 0.673. The Kier molecular flexibility index (Phi) is 3.48. The van der Waals surface area contributed by atoms with Crippen LogP contribution in [0.15, 0.2) is 6.20 Å². The molecule has 1 rings (SSSR count). The molecule has 1 aromatic rings. The van der Waals surface area contributed by atoms with Crippen LogP contribution in [0.4, 0.5) is 0 Å². The number of aromatic amines is 1. The monoisotopic (exact) mass is 181 g/mol. The molecule has 0 amide bonds. The first-order valence-corrected chi connectivity index (χ1v) is 4.83. The second kappa shape index (κ2) is 4.42. The first kappa shape index (κ1) is 10.3. The molecule has 0 aromatic carbocycles. The summed E-state index contributed by atoms with van der Waals surface area (Å²) < 4.78 is 0. The van der Waals surface area contributed by atoms with Crippen molar-refractivity contribution < 1.29 is 0 Å². The minimum Gasteiger partial charge on any atom is -0.310 e. The van der Waals surface area contributed by atoms with Gasteiger partial charge in [-0.1, -0.05) is 13.8 Å². The summed E-state index contributed by atoms with van der Waals surface area (Å²) in [5.41, 5.74) is 2.41. The molecule has 0 fully saturated rings. The minimum atomic E-state index is 0.550. The second-order valence-corrected chi connectivity index (χ2v) is 3.93. The van der Waals surface area contributed by atoms with Gasteiger partial charge in [-0.3, -0.25) is 5.10 Å². The van der Waals surface area contributed by atoms with E-state index in [0.717, 1.165) is 12.2 Å². The van der Waals surface area contributed by atoms with Gasteiger partial charge >= 0.3 is 0 Å². The summed E-state index contributed by atoms with van der Waals surface area (Å²) in [6.45, 7) is 9.60. The highest BCUT2D eigenvalue weighted by atomic mass is 15.1. The van der Waals surface area contributed by atoms with Gasteiger partial charge in [-0.2, -0.15) is 5.10 Å². The molecule has 0 aliphatic carbocycles. The standard InChI is InChI=1S/C10H19N3/c1-7(2)8(3)11-5-10-6-12-13-9(10)4/h6-8,11H,5H2,1-4H3,(H,12,13)/t8-/m1/s1. The Balaban J connectivity index is 2.39. The highest BCUT2D eigenvalue weighted by Gasteiger charge is 2.07. The number of nitrogens with zero attached hydrogens (tertiary/aromatic N) is 1. The van der Waals surface area contributed by atoms with E-state index in [0.29, 0.717) is 12.0 Å². The molecule has 0 saturated heterocycles. The third kappa shape index (κ3) is 2.84. The van der Waals surface area contributed by atoms with E-state index < -0.39 is 0 Å². The van der Waals surface area contributed by atoms with Crippen molar-refractivity contribution in [3.63, 3.8) is 0 Å². The lowest BCUT2D eigenvalue weighted by atomic mass is 10.1. The minimum absolute atomic E-state index is 0.550. The summed E-state index contributed by atoms with van der Waals surface area (Å²) in [6, 6.07) is 0.550. The molecule has 2 N–H and O–H groups in total. The predicted octanol–water partition coefficient (Wildman–Crippen LogP) is 1.85. The molecular weight excluding hydrogens is 162 g/mol. The number of nitrogens with one attached hydrogen (secondary N) is 2. The molecule has 1 aromatic heterocycles. The summed E-state index contributed by atoms with van der Waals surface area (Å²) in [4.78, 5) is 0. The molecule has 0 aliphatic rings. The van der Waals surface area contributed by atoms with E-state index in [2.05, 4.69) is 36.3 Å². The highest BCUT2D eigenvalue weighted by Crippen LogP contribution is 2.05. The summed E-state index contributed by atoms with van der Waals surface area (Å²) in [7, 11) is 0. The van der Waals surface area contributed by atoms with Crippen molar-refractivity contribution in [1.82, 2.24) is 15.5 Å². The number of aryl methyl sites for hydroxylation is 1. The van der Waals surface area contributed by atoms with Gasteiger partial charge in [-0.25, -0.2) is 0 Å². The Morgan fingerprint density at radius 1 is 1.46 bits per heavy atom. The van der Waals surface area contributed by atoms with Crippen molar-refractivity contribution in [1.29, 1.82) is 0 Å². The first-order chi connectivity index (χ1) is 6.11. The third-order valence-electron chi connectivity index (χ3n) is 2.55. The van der Waals surface area contributed by atoms with Gasteiger partial charge in [0.05, 0.1) is 6.20 Å². The SMILES string of the molecule is Cc1[nH]ncc1CN[C@H](C)C(C)C. The molecule has 0 spiro atoms. The van der Waals surface area contributed by atoms with Gasteiger partial charge < -0.3 is 5.32 Å². The molecule has 13 heavy (non-hydrogen) atoms. The molecule has 0 radical (unpaired) electrons. The molecule has 3 nitrogen and oxygen atoms in total. The zero-order valence-electron chi connectivity index (χ0n) is 8.89. The molecule has 1 atom stereocenters. The fraction of sp³-hybridized carbons (Fsp3) is 0.700. The van der Waals surface area contributed by atoms with Crippen LogP contribution >= 0.6 is 0 Å². The number of hydrogen-bond acceptors (Lipinski definition) is 2. The van der Waals surface area contributed by atoms with Crippen molar-refractivity contribution in [2.24, 2.45) is 5.92 Å². The average Bonchev–Trinajstić information content (AvgIpc) is 2.47. The van der Waals surface area contributed by atoms with Gasteiger partial charge in [-0.15, -0.1) is 0 Å². The van der Waals surface area contributed by atoms with Crippen LogP contribution in [0.5, 0.6) is 0 Å². The van der Waals surface area contributed by atoms with Crippen LogP contribution in [-0.2, 0) is 6.54 Å². The Labute approximate surface area is 79.9 Å². The zero-order valence-corrected chi connectivity index (χ0v) is 8.89. The quantitative estimate of drug-likeness (QED) is 0.744. The second-order valence-electron chi connectivity index (χ2n) is 3.93. The van der Waals surface area contributed by atoms with Crippen LogP contribution in [0.1, 0.15) is 32.0 Å². The Hall–Kier alpha value is -0.830. The van der Waals surface area contributed by atoms with Crippen LogP contribution in [-0.4, -0.2) is 16.2 Å². The van der Waals surface area contributed by atoms with Crippen molar-refractivity contribution in [2.75, 3.05) is 0 Å². The van der Waals surface area contributed by atoms with Crippen molar-refractivity contribution in [2.45, 2.75) is 40.3 Å². The largest absolute Gasteiger partial charge is 0.310 e. The molecule has 74 valence electrons. The number of rotatable bonds is 4. The van der Waals surface area contributed by atoms with Crippen LogP contribution in [0.25, 0.3) is 0 Å². The van der Waals surface area contributed by atoms with Crippen LogP contribution < -0.4 is 5.32 Å². The fourth-order valence-corrected chi connectivity index (χ4v) is 1.06. The van der Waals surface area contributed by atoms with E-state index in [1.165, 1.54) is 5.56 Å². The van der Waals surface area contributed by atoms with E-state index in [1.807, 2.05) is 13.1 Å². The molecule has 0 bridgehead atoms. The Morgan fingerprint density at radius 3 is 2.62 bits per heavy atom. The van der Waals surface area contributed by atoms with Crippen LogP contribution in [0.3, 0.4) is 0 Å². The van der Waals surface area contributed by atoms with Crippen LogP contribution in [0.2, 0.25) is 0 Å². The first-order valence-electron chi connectivity index (χ1n) is 4.83. The molecule has 0 aliphatic heterocycles. The highest BCUT2D eigenvalue weighted by molar-refractivity contribution is 5.13. The maximum absolute atomic E-state index is 3.98. The lowest BCUT2D eigenvalue weighted by Gasteiger charge is -2.16. The van der Waals surface area contributed by atoms with Gasteiger partial charge in [0, 0.05) is 23.8 Å². The van der Waals surface area contributed by atoms with Gasteiger partial charge in [0.25, 0.3) is 0 Å². The third-order valence-corrected chi connectivity index (χ3v) is 2.55. The maximum atomic E-state index is 3.98. The topological polar surface area (TPSA) is 40.7 Å². The summed E-state index contributed by atoms with van der Waals surface area (Å²) in [5, 5.41) is 10.4. The van der Waals surface area contributed by atoms with Gasteiger partial charge in [0.1, 0.15) is 0 Å². The predicted molar refractivity (Wildman–Crippen MR) is 54.5 cm³/mol. The summed E-state index contributed by atoms with van der Waals surface area (Å²) >= 11 is 0. The van der Waals surface area contributed by atoms with Crippen molar-refractivity contribution in [3.8, 4) is 0 Å². The van der Waals surface area contributed by atoms with Crippen LogP contribution in [0, 0.1) is 12.8 Å². The Morgan fingerprint density at radius 2 is 2.15 bits per heavy atom. The zero-order chi connectivity index (χ0) is 9.84. The van der Waals surface area contributed by atoms with E-state index >= 15 is 0 Å². The molecular formula is C10H19N3. The van der Waals surface area contributed by atoms with E-state index in [4.69, 9.17) is 0 Å². The average molecular weight is 181 g/mol. The molecule has 0 unspecified atom stereocenters. The maximum Gasteiger partial charge on any atom is 0.0535 e. The van der Waals surface area contributed by atoms with E-state index in [9.17, 15) is 0 Å². The van der Waals surface area contributed by atoms with Crippen molar-refractivity contribution in [3.05, 3.63) is 17.5 Å². The van der Waals surface area contributed by atoms with Crippen molar-refractivity contribution >= 4 is 0 Å². The lowest BCUT2D eigenvalue weighted by Crippen LogP contribution is -2.30. The number of hydrogen-bond donors (Lipinski definition) is 2. The molecule has 1 heterocycles. The lowest BCUT2D eigenvalue weighted by molar-refractivity contribution is 0.426. The smallest absolute Gasteiger partial charge is 0.0535 e. The van der Waals surface area contributed by atoms with Gasteiger partial charge in [0.15, 0.2) is 0 Å². The molecule has 0 saturated carbocycles.